The van der Waals surface area contributed by atoms with Gasteiger partial charge in [0.15, 0.2) is 12.3 Å². The zero-order chi connectivity index (χ0) is 33.2. The standard InChI is InChI=1S/C35H35N3O8S/c1-34(2)23-15-19(16-31(41)46-38-29(39)9-10-30(38)40)5-7-25(23)36-13-11-27-21(32(34)36)18-22-28(45-27)12-14-37-26-8-6-20(47(42,43)44)17-24(26)35(3,4)33(22)37/h5-10,15,17-18,27-28H,11-14,16H2,1-4H3,(H2-,39,40,42,43,44)/p+1. The Morgan fingerprint density at radius 1 is 0.979 bits per heavy atom. The molecule has 0 aliphatic carbocycles. The fraction of sp³-hybridized carbons (Fsp3) is 0.371. The summed E-state index contributed by atoms with van der Waals surface area (Å²) in [5.41, 5.74) is 8.26. The van der Waals surface area contributed by atoms with Crippen LogP contribution >= 0.6 is 0 Å². The SMILES string of the molecule is CC1(C)C2=C3C=C4C5=[N+](CCC4OC3CCN2c2ccc(CC(=O)On3c(O)ccc3O)cc21)c1ccc(S(=O)(=O)O)cc1C5(C)C. The Kier molecular flexibility index (Phi) is 6.26. The van der Waals surface area contributed by atoms with E-state index in [2.05, 4.69) is 43.2 Å². The zero-order valence-electron chi connectivity index (χ0n) is 26.5. The van der Waals surface area contributed by atoms with Crippen molar-refractivity contribution in [3.05, 3.63) is 88.1 Å². The highest BCUT2D eigenvalue weighted by atomic mass is 32.2. The van der Waals surface area contributed by atoms with Crippen molar-refractivity contribution in [3.63, 3.8) is 0 Å². The molecule has 0 bridgehead atoms. The molecule has 2 atom stereocenters. The minimum atomic E-state index is -4.35. The Morgan fingerprint density at radius 2 is 1.72 bits per heavy atom. The summed E-state index contributed by atoms with van der Waals surface area (Å²) in [7, 11) is -4.35. The highest BCUT2D eigenvalue weighted by Gasteiger charge is 2.54. The van der Waals surface area contributed by atoms with E-state index >= 15 is 0 Å². The summed E-state index contributed by atoms with van der Waals surface area (Å²) in [6, 6.07) is 13.3. The van der Waals surface area contributed by atoms with Gasteiger partial charge in [0.2, 0.25) is 17.4 Å². The lowest BCUT2D eigenvalue weighted by Gasteiger charge is -2.42. The average Bonchev–Trinajstić information content (AvgIpc) is 3.55. The van der Waals surface area contributed by atoms with Gasteiger partial charge in [-0.2, -0.15) is 13.0 Å². The van der Waals surface area contributed by atoms with Crippen LogP contribution in [0.25, 0.3) is 0 Å². The molecule has 8 rings (SSSR count). The number of aromatic hydroxyl groups is 2. The van der Waals surface area contributed by atoms with Crippen LogP contribution in [-0.4, -0.2) is 69.5 Å². The number of anilines is 1. The van der Waals surface area contributed by atoms with Gasteiger partial charge >= 0.3 is 5.97 Å². The van der Waals surface area contributed by atoms with Crippen LogP contribution in [0.1, 0.15) is 57.2 Å². The van der Waals surface area contributed by atoms with Gasteiger partial charge in [0, 0.05) is 64.7 Å². The topological polar surface area (TPSA) is 142 Å². The number of carbonyl (C=O) groups is 1. The number of hydrogen-bond acceptors (Lipinski definition) is 8. The molecule has 47 heavy (non-hydrogen) atoms. The molecule has 6 heterocycles. The molecular weight excluding hydrogens is 622 g/mol. The molecule has 0 radical (unpaired) electrons. The van der Waals surface area contributed by atoms with E-state index in [1.165, 1.54) is 18.2 Å². The first-order valence-corrected chi connectivity index (χ1v) is 17.2. The smallest absolute Gasteiger partial charge is 0.337 e. The molecule has 3 N–H and O–H groups in total. The van der Waals surface area contributed by atoms with Gasteiger partial charge < -0.3 is 24.7 Å². The zero-order valence-corrected chi connectivity index (χ0v) is 27.3. The molecule has 0 saturated heterocycles. The summed E-state index contributed by atoms with van der Waals surface area (Å²) < 4.78 is 43.7. The van der Waals surface area contributed by atoms with Gasteiger partial charge in [-0.05, 0) is 55.7 Å². The van der Waals surface area contributed by atoms with Crippen molar-refractivity contribution in [2.24, 2.45) is 0 Å². The van der Waals surface area contributed by atoms with E-state index < -0.39 is 26.9 Å². The molecule has 0 saturated carbocycles. The van der Waals surface area contributed by atoms with Crippen LogP contribution in [0.4, 0.5) is 11.4 Å². The number of carbonyl (C=O) groups excluding carboxylic acids is 1. The fourth-order valence-corrected chi connectivity index (χ4v) is 8.89. The third kappa shape index (κ3) is 4.34. The highest BCUT2D eigenvalue weighted by molar-refractivity contribution is 7.85. The van der Waals surface area contributed by atoms with Crippen LogP contribution in [0.5, 0.6) is 11.8 Å². The number of nitrogens with zero attached hydrogens (tertiary/aromatic N) is 3. The largest absolute Gasteiger partial charge is 0.492 e. The maximum atomic E-state index is 12.8. The lowest BCUT2D eigenvalue weighted by Crippen LogP contribution is -2.47. The Labute approximate surface area is 272 Å². The predicted octanol–water partition coefficient (Wildman–Crippen LogP) is 4.27. The number of rotatable bonds is 4. The average molecular weight is 659 g/mol. The van der Waals surface area contributed by atoms with Gasteiger partial charge in [-0.15, -0.1) is 4.73 Å². The number of aromatic nitrogens is 1. The Morgan fingerprint density at radius 3 is 2.45 bits per heavy atom. The third-order valence-corrected chi connectivity index (χ3v) is 11.3. The Bertz CT molecular complexity index is 2100. The first-order chi connectivity index (χ1) is 22.2. The molecule has 12 heteroatoms. The van der Waals surface area contributed by atoms with E-state index in [1.54, 1.807) is 12.1 Å². The van der Waals surface area contributed by atoms with Crippen LogP contribution in [0, 0.1) is 0 Å². The number of benzene rings is 2. The van der Waals surface area contributed by atoms with Crippen LogP contribution in [0.3, 0.4) is 0 Å². The normalized spacial score (nSPS) is 23.3. The number of allylic oxidation sites excluding steroid dienone is 1. The van der Waals surface area contributed by atoms with Gasteiger partial charge in [-0.1, -0.05) is 26.0 Å². The molecular formula is C35H36N3O8S+. The summed E-state index contributed by atoms with van der Waals surface area (Å²) in [6.45, 7) is 10.1. The summed E-state index contributed by atoms with van der Waals surface area (Å²) in [5, 5.41) is 19.7. The Hall–Kier alpha value is -4.39. The molecule has 0 spiro atoms. The molecule has 244 valence electrons. The molecule has 0 fully saturated rings. The van der Waals surface area contributed by atoms with Crippen molar-refractivity contribution in [1.82, 2.24) is 4.73 Å². The monoisotopic (exact) mass is 658 g/mol. The summed E-state index contributed by atoms with van der Waals surface area (Å²) in [4.78, 5) is 20.2. The van der Waals surface area contributed by atoms with Gasteiger partial charge in [-0.25, -0.2) is 4.79 Å². The van der Waals surface area contributed by atoms with Gasteiger partial charge in [0.1, 0.15) is 0 Å². The number of fused-ring (bicyclic) bond motifs is 8. The third-order valence-electron chi connectivity index (χ3n) is 10.4. The maximum absolute atomic E-state index is 12.8. The lowest BCUT2D eigenvalue weighted by molar-refractivity contribution is -0.445. The second kappa shape index (κ2) is 9.82. The molecule has 0 amide bonds. The van der Waals surface area contributed by atoms with Crippen molar-refractivity contribution >= 4 is 33.2 Å². The van der Waals surface area contributed by atoms with Crippen LogP contribution in [-0.2, 0) is 36.9 Å². The van der Waals surface area contributed by atoms with Gasteiger partial charge in [0.05, 0.1) is 28.9 Å². The van der Waals surface area contributed by atoms with E-state index in [0.717, 1.165) is 76.6 Å². The molecule has 2 unspecified atom stereocenters. The van der Waals surface area contributed by atoms with Crippen molar-refractivity contribution in [1.29, 1.82) is 0 Å². The lowest BCUT2D eigenvalue weighted by atomic mass is 9.74. The van der Waals surface area contributed by atoms with E-state index in [-0.39, 0.29) is 35.3 Å². The van der Waals surface area contributed by atoms with E-state index in [4.69, 9.17) is 9.57 Å². The number of hydrogen-bond donors (Lipinski definition) is 3. The quantitative estimate of drug-likeness (QED) is 0.277. The van der Waals surface area contributed by atoms with Crippen molar-refractivity contribution in [2.75, 3.05) is 18.0 Å². The minimum absolute atomic E-state index is 0.0487. The minimum Gasteiger partial charge on any atom is -0.492 e. The van der Waals surface area contributed by atoms with E-state index in [9.17, 15) is 28.0 Å². The highest BCUT2D eigenvalue weighted by Crippen LogP contribution is 2.54. The van der Waals surface area contributed by atoms with Gasteiger partial charge in [0.25, 0.3) is 10.1 Å². The first kappa shape index (κ1) is 30.0. The predicted molar refractivity (Wildman–Crippen MR) is 172 cm³/mol. The molecule has 1 aromatic heterocycles. The molecule has 2 aromatic carbocycles. The second-order valence-corrected chi connectivity index (χ2v) is 15.4. The van der Waals surface area contributed by atoms with Crippen LogP contribution < -0.4 is 9.74 Å². The van der Waals surface area contributed by atoms with Crippen molar-refractivity contribution in [3.8, 4) is 11.8 Å². The van der Waals surface area contributed by atoms with Crippen LogP contribution in [0.2, 0.25) is 0 Å². The van der Waals surface area contributed by atoms with Crippen molar-refractivity contribution in [2.45, 2.75) is 74.9 Å². The maximum Gasteiger partial charge on any atom is 0.337 e. The van der Waals surface area contributed by atoms with E-state index in [0.29, 0.717) is 4.73 Å². The number of ether oxygens (including phenoxy) is 1. The summed E-state index contributed by atoms with van der Waals surface area (Å²) >= 11 is 0. The first-order valence-electron chi connectivity index (χ1n) is 15.8. The van der Waals surface area contributed by atoms with E-state index in [1.807, 2.05) is 18.2 Å². The summed E-state index contributed by atoms with van der Waals surface area (Å²) in [6.07, 6.45) is 3.74. The molecule has 5 aliphatic heterocycles. The van der Waals surface area contributed by atoms with Gasteiger partial charge in [-0.3, -0.25) is 4.55 Å². The molecule has 3 aromatic rings. The second-order valence-electron chi connectivity index (χ2n) is 14.0. The fourth-order valence-electron chi connectivity index (χ4n) is 8.39. The molecule has 11 nitrogen and oxygen atoms in total. The summed E-state index contributed by atoms with van der Waals surface area (Å²) in [5.74, 6) is -1.37. The Balaban J connectivity index is 1.17. The molecule has 5 aliphatic rings. The van der Waals surface area contributed by atoms with Crippen LogP contribution in [0.15, 0.2) is 76.3 Å². The van der Waals surface area contributed by atoms with Crippen molar-refractivity contribution < 1.29 is 42.1 Å².